The van der Waals surface area contributed by atoms with Crippen molar-refractivity contribution in [2.45, 2.75) is 6.61 Å². The van der Waals surface area contributed by atoms with Crippen LogP contribution in [0.5, 0.6) is 0 Å². The first-order valence-corrected chi connectivity index (χ1v) is 2.96. The fourth-order valence-electron chi connectivity index (χ4n) is 0.603. The molecule has 0 fully saturated rings. The highest BCUT2D eigenvalue weighted by atomic mass is 16.5. The molecule has 1 aromatic rings. The molecule has 2 heteroatoms. The molecular formula is C8H8O2. The summed E-state index contributed by atoms with van der Waals surface area (Å²) in [5, 5.41) is 0. The van der Waals surface area contributed by atoms with Crippen molar-refractivity contribution in [3.8, 4) is 12.3 Å². The van der Waals surface area contributed by atoms with Gasteiger partial charge in [-0.3, -0.25) is 0 Å². The van der Waals surface area contributed by atoms with Gasteiger partial charge in [-0.2, -0.15) is 0 Å². The molecule has 1 aromatic heterocycles. The number of hydrogen-bond acceptors (Lipinski definition) is 2. The Labute approximate surface area is 59.8 Å². The lowest BCUT2D eigenvalue weighted by molar-refractivity contribution is 0.153. The van der Waals surface area contributed by atoms with Crippen molar-refractivity contribution < 1.29 is 9.15 Å². The van der Waals surface area contributed by atoms with Gasteiger partial charge in [0, 0.05) is 5.56 Å². The zero-order valence-corrected chi connectivity index (χ0v) is 5.54. The van der Waals surface area contributed by atoms with Gasteiger partial charge in [0.1, 0.15) is 6.61 Å². The topological polar surface area (TPSA) is 22.4 Å². The second-order valence-electron chi connectivity index (χ2n) is 1.83. The summed E-state index contributed by atoms with van der Waals surface area (Å²) in [5.41, 5.74) is 1.01. The Morgan fingerprint density at radius 3 is 3.20 bits per heavy atom. The van der Waals surface area contributed by atoms with Gasteiger partial charge in [-0.05, 0) is 6.07 Å². The van der Waals surface area contributed by atoms with Crippen LogP contribution in [0.3, 0.4) is 0 Å². The number of rotatable bonds is 3. The third-order valence-corrected chi connectivity index (χ3v) is 1.03. The maximum absolute atomic E-state index is 5.03. The van der Waals surface area contributed by atoms with Crippen LogP contribution in [0.4, 0.5) is 0 Å². The second kappa shape index (κ2) is 3.76. The first kappa shape index (κ1) is 6.91. The highest BCUT2D eigenvalue weighted by Crippen LogP contribution is 2.00. The molecule has 0 spiro atoms. The minimum absolute atomic E-state index is 0.352. The summed E-state index contributed by atoms with van der Waals surface area (Å²) in [7, 11) is 0. The molecule has 0 radical (unpaired) electrons. The van der Waals surface area contributed by atoms with Gasteiger partial charge in [-0.15, -0.1) is 6.42 Å². The van der Waals surface area contributed by atoms with Crippen LogP contribution in [0.1, 0.15) is 5.56 Å². The fourth-order valence-corrected chi connectivity index (χ4v) is 0.603. The van der Waals surface area contributed by atoms with E-state index in [1.807, 2.05) is 6.07 Å². The first-order valence-electron chi connectivity index (χ1n) is 2.96. The van der Waals surface area contributed by atoms with Crippen LogP contribution in [0.15, 0.2) is 23.0 Å². The van der Waals surface area contributed by atoms with Gasteiger partial charge in [0.15, 0.2) is 0 Å². The molecule has 1 heterocycles. The van der Waals surface area contributed by atoms with E-state index in [9.17, 15) is 0 Å². The maximum Gasteiger partial charge on any atom is 0.107 e. The van der Waals surface area contributed by atoms with Gasteiger partial charge in [-0.1, -0.05) is 5.92 Å². The van der Waals surface area contributed by atoms with Crippen LogP contribution in [-0.2, 0) is 11.3 Å². The molecule has 0 atom stereocenters. The third kappa shape index (κ3) is 1.96. The lowest BCUT2D eigenvalue weighted by Gasteiger charge is -1.93. The van der Waals surface area contributed by atoms with E-state index >= 15 is 0 Å². The van der Waals surface area contributed by atoms with Crippen molar-refractivity contribution in [1.82, 2.24) is 0 Å². The average molecular weight is 136 g/mol. The van der Waals surface area contributed by atoms with Gasteiger partial charge < -0.3 is 9.15 Å². The molecule has 52 valence electrons. The van der Waals surface area contributed by atoms with Crippen molar-refractivity contribution in [3.05, 3.63) is 24.2 Å². The first-order chi connectivity index (χ1) is 4.93. The molecule has 0 amide bonds. The molecule has 0 saturated carbocycles. The van der Waals surface area contributed by atoms with E-state index in [0.717, 1.165) is 5.56 Å². The fraction of sp³-hybridized carbons (Fsp3) is 0.250. The summed E-state index contributed by atoms with van der Waals surface area (Å²) >= 11 is 0. The lowest BCUT2D eigenvalue weighted by Crippen LogP contribution is -1.90. The average Bonchev–Trinajstić information content (AvgIpc) is 2.41. The summed E-state index contributed by atoms with van der Waals surface area (Å²) in [6, 6.07) is 1.84. The predicted octanol–water partition coefficient (Wildman–Crippen LogP) is 1.43. The SMILES string of the molecule is C#CCOCc1ccoc1. The smallest absolute Gasteiger partial charge is 0.107 e. The molecule has 0 aliphatic heterocycles. The number of hydrogen-bond donors (Lipinski definition) is 0. The van der Waals surface area contributed by atoms with Crippen molar-refractivity contribution in [3.63, 3.8) is 0 Å². The minimum atomic E-state index is 0.352. The number of terminal acetylenes is 1. The van der Waals surface area contributed by atoms with Crippen LogP contribution in [0.25, 0.3) is 0 Å². The zero-order valence-electron chi connectivity index (χ0n) is 5.54. The largest absolute Gasteiger partial charge is 0.472 e. The molecule has 0 aliphatic carbocycles. The van der Waals surface area contributed by atoms with E-state index < -0.39 is 0 Å². The Balaban J connectivity index is 2.23. The Morgan fingerprint density at radius 1 is 1.70 bits per heavy atom. The predicted molar refractivity (Wildman–Crippen MR) is 37.2 cm³/mol. The second-order valence-corrected chi connectivity index (χ2v) is 1.83. The molecule has 0 aromatic carbocycles. The maximum atomic E-state index is 5.03. The van der Waals surface area contributed by atoms with E-state index in [-0.39, 0.29) is 0 Å². The van der Waals surface area contributed by atoms with Crippen molar-refractivity contribution >= 4 is 0 Å². The lowest BCUT2D eigenvalue weighted by atomic mass is 10.4. The van der Waals surface area contributed by atoms with Crippen LogP contribution in [0.2, 0.25) is 0 Å². The molecule has 1 rings (SSSR count). The van der Waals surface area contributed by atoms with E-state index in [1.165, 1.54) is 0 Å². The summed E-state index contributed by atoms with van der Waals surface area (Å²) in [6.07, 6.45) is 8.21. The summed E-state index contributed by atoms with van der Waals surface area (Å²) in [5.74, 6) is 2.38. The summed E-state index contributed by atoms with van der Waals surface area (Å²) in [4.78, 5) is 0. The Hall–Kier alpha value is -1.20. The van der Waals surface area contributed by atoms with Gasteiger partial charge in [0.2, 0.25) is 0 Å². The van der Waals surface area contributed by atoms with Crippen LogP contribution in [0, 0.1) is 12.3 Å². The van der Waals surface area contributed by atoms with E-state index in [4.69, 9.17) is 15.6 Å². The molecule has 0 N–H and O–H groups in total. The molecule has 2 nitrogen and oxygen atoms in total. The van der Waals surface area contributed by atoms with Gasteiger partial charge in [-0.25, -0.2) is 0 Å². The molecule has 0 bridgehead atoms. The van der Waals surface area contributed by atoms with E-state index in [0.29, 0.717) is 13.2 Å². The molecule has 0 aliphatic rings. The highest BCUT2D eigenvalue weighted by Gasteiger charge is 1.90. The van der Waals surface area contributed by atoms with Gasteiger partial charge in [0.25, 0.3) is 0 Å². The van der Waals surface area contributed by atoms with Gasteiger partial charge >= 0.3 is 0 Å². The highest BCUT2D eigenvalue weighted by molar-refractivity contribution is 5.03. The van der Waals surface area contributed by atoms with Crippen LogP contribution in [-0.4, -0.2) is 6.61 Å². The normalized spacial score (nSPS) is 9.10. The van der Waals surface area contributed by atoms with E-state index in [1.54, 1.807) is 12.5 Å². The van der Waals surface area contributed by atoms with Crippen molar-refractivity contribution in [1.29, 1.82) is 0 Å². The molecule has 10 heavy (non-hydrogen) atoms. The van der Waals surface area contributed by atoms with Crippen molar-refractivity contribution in [2.24, 2.45) is 0 Å². The standard InChI is InChI=1S/C8H8O2/c1-2-4-9-6-8-3-5-10-7-8/h1,3,5,7H,4,6H2. The van der Waals surface area contributed by atoms with Crippen molar-refractivity contribution in [2.75, 3.05) is 6.61 Å². The molecule has 0 unspecified atom stereocenters. The summed E-state index contributed by atoms with van der Waals surface area (Å²) in [6.45, 7) is 0.881. The quantitative estimate of drug-likeness (QED) is 0.463. The number of furan rings is 1. The Kier molecular flexibility index (Phi) is 2.60. The molecule has 0 saturated heterocycles. The zero-order chi connectivity index (χ0) is 7.23. The summed E-state index contributed by atoms with van der Waals surface area (Å²) < 4.78 is 9.84. The van der Waals surface area contributed by atoms with Crippen LogP contribution < -0.4 is 0 Å². The van der Waals surface area contributed by atoms with Gasteiger partial charge in [0.05, 0.1) is 19.1 Å². The number of ether oxygens (including phenoxy) is 1. The minimum Gasteiger partial charge on any atom is -0.472 e. The third-order valence-electron chi connectivity index (χ3n) is 1.03. The molecular weight excluding hydrogens is 128 g/mol. The van der Waals surface area contributed by atoms with Crippen LogP contribution >= 0.6 is 0 Å². The van der Waals surface area contributed by atoms with E-state index in [2.05, 4.69) is 5.92 Å². The Bertz CT molecular complexity index is 206. The Morgan fingerprint density at radius 2 is 2.60 bits per heavy atom. The monoisotopic (exact) mass is 136 g/mol.